The van der Waals surface area contributed by atoms with Crippen molar-refractivity contribution < 1.29 is 0 Å². The number of rotatable bonds is 8. The number of halogens is 1. The standard InChI is InChI=1S/C23H33N5.HI/c1-2-20-9-8-10-21(19-20)26-23(24)25-13-6-7-14-27-15-17-28(18-16-27)22-11-4-3-5-12-22;/h3-5,8-12,19H,2,6-7,13-18H2,1H3,(H3,24,25,26);1H. The number of hydrogen-bond acceptors (Lipinski definition) is 3. The Labute approximate surface area is 192 Å². The van der Waals surface area contributed by atoms with E-state index in [1.165, 1.54) is 11.3 Å². The fraction of sp³-hybridized carbons (Fsp3) is 0.435. The number of guanidine groups is 1. The molecule has 3 N–H and O–H groups in total. The van der Waals surface area contributed by atoms with Crippen molar-refractivity contribution in [1.29, 1.82) is 0 Å². The van der Waals surface area contributed by atoms with Crippen LogP contribution in [0.15, 0.2) is 59.6 Å². The summed E-state index contributed by atoms with van der Waals surface area (Å²) in [5.74, 6) is 0.504. The van der Waals surface area contributed by atoms with Crippen LogP contribution in [0, 0.1) is 0 Å². The fourth-order valence-electron chi connectivity index (χ4n) is 3.57. The molecule has 0 saturated carbocycles. The monoisotopic (exact) mass is 507 g/mol. The van der Waals surface area contributed by atoms with Crippen LogP contribution in [0.4, 0.5) is 11.4 Å². The summed E-state index contributed by atoms with van der Waals surface area (Å²) >= 11 is 0. The molecule has 2 aromatic rings. The summed E-state index contributed by atoms with van der Waals surface area (Å²) in [5.41, 5.74) is 9.66. The highest BCUT2D eigenvalue weighted by molar-refractivity contribution is 14.0. The number of para-hydroxylation sites is 1. The van der Waals surface area contributed by atoms with E-state index in [0.29, 0.717) is 5.96 Å². The van der Waals surface area contributed by atoms with Gasteiger partial charge in [-0.25, -0.2) is 0 Å². The minimum atomic E-state index is 0. The van der Waals surface area contributed by atoms with Crippen molar-refractivity contribution in [3.05, 3.63) is 60.2 Å². The number of anilines is 2. The lowest BCUT2D eigenvalue weighted by Gasteiger charge is -2.36. The smallest absolute Gasteiger partial charge is 0.193 e. The number of benzene rings is 2. The van der Waals surface area contributed by atoms with E-state index < -0.39 is 0 Å². The van der Waals surface area contributed by atoms with Crippen LogP contribution in [0.2, 0.25) is 0 Å². The van der Waals surface area contributed by atoms with Crippen molar-refractivity contribution in [2.45, 2.75) is 26.2 Å². The van der Waals surface area contributed by atoms with Crippen molar-refractivity contribution >= 4 is 41.3 Å². The molecule has 1 aliphatic rings. The van der Waals surface area contributed by atoms with Gasteiger partial charge >= 0.3 is 0 Å². The molecule has 0 spiro atoms. The second kappa shape index (κ2) is 12.7. The molecular weight excluding hydrogens is 473 g/mol. The number of piperazine rings is 1. The Morgan fingerprint density at radius 3 is 2.48 bits per heavy atom. The maximum Gasteiger partial charge on any atom is 0.193 e. The molecule has 0 aliphatic carbocycles. The SMILES string of the molecule is CCc1cccc(NC(N)=NCCCCN2CCN(c3ccccc3)CC2)c1.I. The topological polar surface area (TPSA) is 56.9 Å². The van der Waals surface area contributed by atoms with Crippen molar-refractivity contribution in [2.75, 3.05) is 49.5 Å². The first-order chi connectivity index (χ1) is 13.7. The first-order valence-electron chi connectivity index (χ1n) is 10.4. The molecule has 0 unspecified atom stereocenters. The van der Waals surface area contributed by atoms with Crippen LogP contribution < -0.4 is 16.0 Å². The molecule has 29 heavy (non-hydrogen) atoms. The quantitative estimate of drug-likeness (QED) is 0.244. The second-order valence-corrected chi connectivity index (χ2v) is 7.32. The van der Waals surface area contributed by atoms with Gasteiger partial charge in [-0.2, -0.15) is 0 Å². The molecule has 0 bridgehead atoms. The van der Waals surface area contributed by atoms with Crippen molar-refractivity contribution in [1.82, 2.24) is 4.90 Å². The van der Waals surface area contributed by atoms with Gasteiger partial charge in [0.2, 0.25) is 0 Å². The molecule has 6 heteroatoms. The highest BCUT2D eigenvalue weighted by Gasteiger charge is 2.16. The molecular formula is C23H34IN5. The number of nitrogens with one attached hydrogen (secondary N) is 1. The van der Waals surface area contributed by atoms with Crippen molar-refractivity contribution in [3.8, 4) is 0 Å². The largest absolute Gasteiger partial charge is 0.370 e. The Morgan fingerprint density at radius 1 is 1.00 bits per heavy atom. The maximum atomic E-state index is 6.02. The van der Waals surface area contributed by atoms with Gasteiger partial charge in [0.15, 0.2) is 5.96 Å². The van der Waals surface area contributed by atoms with Crippen LogP contribution in [0.5, 0.6) is 0 Å². The molecule has 1 saturated heterocycles. The van der Waals surface area contributed by atoms with E-state index in [2.05, 4.69) is 69.5 Å². The number of unbranched alkanes of at least 4 members (excludes halogenated alkanes) is 1. The molecule has 0 atom stereocenters. The van der Waals surface area contributed by atoms with Crippen LogP contribution in [-0.2, 0) is 6.42 Å². The van der Waals surface area contributed by atoms with E-state index in [0.717, 1.165) is 64.2 Å². The van der Waals surface area contributed by atoms with Gasteiger partial charge in [-0.15, -0.1) is 24.0 Å². The third kappa shape index (κ3) is 7.85. The Hall–Kier alpha value is -1.80. The predicted octanol–water partition coefficient (Wildman–Crippen LogP) is 4.20. The van der Waals surface area contributed by atoms with E-state index in [1.807, 2.05) is 12.1 Å². The number of aliphatic imine (C=N–C) groups is 1. The molecule has 2 aromatic carbocycles. The normalized spacial score (nSPS) is 15.1. The Kier molecular flexibility index (Phi) is 10.3. The molecule has 0 aromatic heterocycles. The summed E-state index contributed by atoms with van der Waals surface area (Å²) in [6.45, 7) is 8.55. The molecule has 5 nitrogen and oxygen atoms in total. The molecule has 0 radical (unpaired) electrons. The average Bonchev–Trinajstić information content (AvgIpc) is 2.74. The van der Waals surface area contributed by atoms with Crippen LogP contribution in [0.25, 0.3) is 0 Å². The molecule has 1 heterocycles. The molecule has 1 fully saturated rings. The van der Waals surface area contributed by atoms with Crippen molar-refractivity contribution in [2.24, 2.45) is 10.7 Å². The zero-order chi connectivity index (χ0) is 19.6. The van der Waals surface area contributed by atoms with Crippen molar-refractivity contribution in [3.63, 3.8) is 0 Å². The second-order valence-electron chi connectivity index (χ2n) is 7.32. The van der Waals surface area contributed by atoms with Crippen LogP contribution in [-0.4, -0.2) is 50.1 Å². The average molecular weight is 507 g/mol. The van der Waals surface area contributed by atoms with Gasteiger partial charge in [0.05, 0.1) is 0 Å². The van der Waals surface area contributed by atoms with Gasteiger partial charge in [-0.05, 0) is 55.6 Å². The van der Waals surface area contributed by atoms with E-state index in [4.69, 9.17) is 5.73 Å². The molecule has 0 amide bonds. The molecule has 1 aliphatic heterocycles. The first kappa shape index (κ1) is 23.5. The van der Waals surface area contributed by atoms with Crippen LogP contribution in [0.1, 0.15) is 25.3 Å². The molecule has 3 rings (SSSR count). The number of aryl methyl sites for hydroxylation is 1. The number of nitrogens with zero attached hydrogens (tertiary/aromatic N) is 3. The first-order valence-corrected chi connectivity index (χ1v) is 10.4. The van der Waals surface area contributed by atoms with E-state index in [9.17, 15) is 0 Å². The van der Waals surface area contributed by atoms with Gasteiger partial charge in [-0.1, -0.05) is 37.3 Å². The summed E-state index contributed by atoms with van der Waals surface area (Å²) in [6, 6.07) is 19.0. The zero-order valence-electron chi connectivity index (χ0n) is 17.4. The lowest BCUT2D eigenvalue weighted by Crippen LogP contribution is -2.46. The van der Waals surface area contributed by atoms with Gasteiger partial charge < -0.3 is 16.0 Å². The minimum Gasteiger partial charge on any atom is -0.370 e. The van der Waals surface area contributed by atoms with Gasteiger partial charge in [0.25, 0.3) is 0 Å². The van der Waals surface area contributed by atoms with Gasteiger partial charge in [0.1, 0.15) is 0 Å². The minimum absolute atomic E-state index is 0. The van der Waals surface area contributed by atoms with E-state index in [1.54, 1.807) is 0 Å². The van der Waals surface area contributed by atoms with Crippen LogP contribution >= 0.6 is 24.0 Å². The summed E-state index contributed by atoms with van der Waals surface area (Å²) in [4.78, 5) is 9.50. The third-order valence-corrected chi connectivity index (χ3v) is 5.27. The predicted molar refractivity (Wildman–Crippen MR) is 136 cm³/mol. The van der Waals surface area contributed by atoms with E-state index >= 15 is 0 Å². The molecule has 158 valence electrons. The van der Waals surface area contributed by atoms with Gasteiger partial charge in [-0.3, -0.25) is 9.89 Å². The highest BCUT2D eigenvalue weighted by Crippen LogP contribution is 2.15. The summed E-state index contributed by atoms with van der Waals surface area (Å²) in [7, 11) is 0. The summed E-state index contributed by atoms with van der Waals surface area (Å²) < 4.78 is 0. The van der Waals surface area contributed by atoms with Gasteiger partial charge in [0, 0.05) is 44.1 Å². The summed E-state index contributed by atoms with van der Waals surface area (Å²) in [6.07, 6.45) is 3.25. The lowest BCUT2D eigenvalue weighted by molar-refractivity contribution is 0.253. The Bertz CT molecular complexity index is 742. The lowest BCUT2D eigenvalue weighted by atomic mass is 10.1. The third-order valence-electron chi connectivity index (χ3n) is 5.27. The highest BCUT2D eigenvalue weighted by atomic mass is 127. The number of nitrogens with two attached hydrogens (primary N) is 1. The maximum absolute atomic E-state index is 6.02. The van der Waals surface area contributed by atoms with Crippen LogP contribution in [0.3, 0.4) is 0 Å². The Morgan fingerprint density at radius 2 is 1.76 bits per heavy atom. The van der Waals surface area contributed by atoms with E-state index in [-0.39, 0.29) is 24.0 Å². The fourth-order valence-corrected chi connectivity index (χ4v) is 3.57. The Balaban J connectivity index is 0.00000300. The summed E-state index contributed by atoms with van der Waals surface area (Å²) in [5, 5.41) is 3.19. The zero-order valence-corrected chi connectivity index (χ0v) is 19.7. The number of hydrogen-bond donors (Lipinski definition) is 2.